The van der Waals surface area contributed by atoms with Crippen molar-refractivity contribution < 1.29 is 14.3 Å². The number of carbonyl (C=O) groups excluding carboxylic acids is 1. The molecule has 1 aromatic heterocycles. The van der Waals surface area contributed by atoms with Crippen LogP contribution < -0.4 is 0 Å². The molecule has 3 rings (SSSR count). The molecule has 0 unspecified atom stereocenters. The third-order valence-electron chi connectivity index (χ3n) is 4.59. The second-order valence-electron chi connectivity index (χ2n) is 5.84. The first-order chi connectivity index (χ1) is 10.8. The number of methoxy groups -OCH3 is 1. The number of fused-ring (bicyclic) bond motifs is 1. The van der Waals surface area contributed by atoms with Crippen molar-refractivity contribution in [2.45, 2.75) is 25.0 Å². The Morgan fingerprint density at radius 2 is 2.32 bits per heavy atom. The lowest BCUT2D eigenvalue weighted by atomic mass is 10.0. The molecule has 22 heavy (non-hydrogen) atoms. The lowest BCUT2D eigenvalue weighted by Crippen LogP contribution is -2.52. The summed E-state index contributed by atoms with van der Waals surface area (Å²) < 4.78 is 11.2. The van der Waals surface area contributed by atoms with E-state index in [0.717, 1.165) is 52.2 Å². The molecule has 3 heterocycles. The van der Waals surface area contributed by atoms with Crippen LogP contribution in [0.2, 0.25) is 0 Å². The maximum Gasteiger partial charge on any atom is 0.271 e. The summed E-state index contributed by atoms with van der Waals surface area (Å²) in [5.41, 5.74) is 0.557. The van der Waals surface area contributed by atoms with E-state index in [1.807, 2.05) is 4.90 Å². The molecule has 0 bridgehead atoms. The second-order valence-corrected chi connectivity index (χ2v) is 5.84. The standard InChI is InChI=1S/C15H24N4O3/c1-21-8-6-18-7-9-22-14-3-5-19(4-2-13(14)18)15(20)12-10-16-11-17-12/h10-11,13-14H,2-9H2,1H3,(H,16,17)/t13-,14-/m1/s1. The molecule has 1 N–H and O–H groups in total. The summed E-state index contributed by atoms with van der Waals surface area (Å²) in [6.45, 7) is 4.86. The zero-order chi connectivity index (χ0) is 15.4. The van der Waals surface area contributed by atoms with E-state index in [1.54, 1.807) is 19.6 Å². The van der Waals surface area contributed by atoms with Gasteiger partial charge < -0.3 is 19.4 Å². The van der Waals surface area contributed by atoms with Crippen LogP contribution in [0.25, 0.3) is 0 Å². The van der Waals surface area contributed by atoms with Crippen molar-refractivity contribution in [3.63, 3.8) is 0 Å². The van der Waals surface area contributed by atoms with Crippen LogP contribution in [-0.2, 0) is 9.47 Å². The number of H-pyrrole nitrogens is 1. The van der Waals surface area contributed by atoms with Crippen molar-refractivity contribution in [1.29, 1.82) is 0 Å². The molecule has 2 aliphatic rings. The minimum absolute atomic E-state index is 0.0274. The first-order valence-electron chi connectivity index (χ1n) is 7.92. The highest BCUT2D eigenvalue weighted by molar-refractivity contribution is 5.92. The van der Waals surface area contributed by atoms with Gasteiger partial charge in [0.1, 0.15) is 5.69 Å². The molecule has 0 aromatic carbocycles. The van der Waals surface area contributed by atoms with Gasteiger partial charge in [0.05, 0.1) is 31.8 Å². The largest absolute Gasteiger partial charge is 0.383 e. The van der Waals surface area contributed by atoms with Gasteiger partial charge in [0.15, 0.2) is 0 Å². The SMILES string of the molecule is COCCN1CCO[C@@H]2CCN(C(=O)c3cnc[nH]3)CC[C@H]21. The Morgan fingerprint density at radius 1 is 1.45 bits per heavy atom. The van der Waals surface area contributed by atoms with Gasteiger partial charge in [-0.1, -0.05) is 0 Å². The summed E-state index contributed by atoms with van der Waals surface area (Å²) in [6, 6.07) is 0.378. The van der Waals surface area contributed by atoms with Crippen LogP contribution in [-0.4, -0.2) is 84.3 Å². The number of nitrogens with one attached hydrogen (secondary N) is 1. The predicted molar refractivity (Wildman–Crippen MR) is 80.7 cm³/mol. The minimum Gasteiger partial charge on any atom is -0.383 e. The molecule has 0 aliphatic carbocycles. The smallest absolute Gasteiger partial charge is 0.271 e. The number of likely N-dealkylation sites (tertiary alicyclic amines) is 1. The highest BCUT2D eigenvalue weighted by atomic mass is 16.5. The highest BCUT2D eigenvalue weighted by Crippen LogP contribution is 2.24. The lowest BCUT2D eigenvalue weighted by Gasteiger charge is -2.40. The maximum absolute atomic E-state index is 12.5. The fourth-order valence-electron chi connectivity index (χ4n) is 3.39. The number of ether oxygens (including phenoxy) is 2. The van der Waals surface area contributed by atoms with Crippen LogP contribution in [0, 0.1) is 0 Å². The lowest BCUT2D eigenvalue weighted by molar-refractivity contribution is -0.0761. The fourth-order valence-corrected chi connectivity index (χ4v) is 3.39. The molecule has 0 radical (unpaired) electrons. The van der Waals surface area contributed by atoms with Crippen LogP contribution in [0.4, 0.5) is 0 Å². The van der Waals surface area contributed by atoms with E-state index in [4.69, 9.17) is 9.47 Å². The van der Waals surface area contributed by atoms with Crippen LogP contribution in [0.15, 0.2) is 12.5 Å². The van der Waals surface area contributed by atoms with Crippen molar-refractivity contribution in [3.8, 4) is 0 Å². The van der Waals surface area contributed by atoms with Gasteiger partial charge in [-0.15, -0.1) is 0 Å². The number of hydrogen-bond acceptors (Lipinski definition) is 5. The number of aromatic nitrogens is 2. The molecule has 2 aliphatic heterocycles. The molecule has 7 nitrogen and oxygen atoms in total. The zero-order valence-electron chi connectivity index (χ0n) is 13.0. The normalized spacial score (nSPS) is 26.5. The van der Waals surface area contributed by atoms with Crippen molar-refractivity contribution in [2.75, 3.05) is 46.5 Å². The second kappa shape index (κ2) is 7.21. The molecule has 2 fully saturated rings. The fraction of sp³-hybridized carbons (Fsp3) is 0.733. The van der Waals surface area contributed by atoms with Crippen LogP contribution in [0.1, 0.15) is 23.3 Å². The number of imidazole rings is 1. The Bertz CT molecular complexity index is 479. The first kappa shape index (κ1) is 15.5. The van der Waals surface area contributed by atoms with Crippen LogP contribution >= 0.6 is 0 Å². The topological polar surface area (TPSA) is 70.7 Å². The summed E-state index contributed by atoms with van der Waals surface area (Å²) in [5.74, 6) is 0.0274. The number of carbonyl (C=O) groups is 1. The molecule has 1 amide bonds. The third-order valence-corrected chi connectivity index (χ3v) is 4.59. The van der Waals surface area contributed by atoms with Crippen molar-refractivity contribution in [1.82, 2.24) is 19.8 Å². The molecule has 7 heteroatoms. The van der Waals surface area contributed by atoms with Crippen molar-refractivity contribution >= 4 is 5.91 Å². The van der Waals surface area contributed by atoms with E-state index in [1.165, 1.54) is 0 Å². The van der Waals surface area contributed by atoms with E-state index < -0.39 is 0 Å². The number of hydrogen-bond donors (Lipinski definition) is 1. The van der Waals surface area contributed by atoms with Gasteiger partial charge in [0, 0.05) is 39.3 Å². The molecule has 0 saturated carbocycles. The zero-order valence-corrected chi connectivity index (χ0v) is 13.0. The Labute approximate surface area is 130 Å². The Kier molecular flexibility index (Phi) is 5.07. The van der Waals surface area contributed by atoms with E-state index in [0.29, 0.717) is 11.7 Å². The van der Waals surface area contributed by atoms with Gasteiger partial charge in [-0.05, 0) is 12.8 Å². The molecule has 1 aromatic rings. The van der Waals surface area contributed by atoms with E-state index in [2.05, 4.69) is 14.9 Å². The van der Waals surface area contributed by atoms with E-state index in [9.17, 15) is 4.79 Å². The molecule has 2 saturated heterocycles. The number of morpholine rings is 1. The first-order valence-corrected chi connectivity index (χ1v) is 7.92. The van der Waals surface area contributed by atoms with Crippen LogP contribution in [0.3, 0.4) is 0 Å². The summed E-state index contributed by atoms with van der Waals surface area (Å²) in [7, 11) is 1.73. The summed E-state index contributed by atoms with van der Waals surface area (Å²) in [5, 5.41) is 0. The number of rotatable bonds is 4. The van der Waals surface area contributed by atoms with E-state index in [-0.39, 0.29) is 12.0 Å². The summed E-state index contributed by atoms with van der Waals surface area (Å²) in [4.78, 5) is 23.6. The van der Waals surface area contributed by atoms with Gasteiger partial charge in [-0.3, -0.25) is 9.69 Å². The minimum atomic E-state index is 0.0274. The monoisotopic (exact) mass is 308 g/mol. The van der Waals surface area contributed by atoms with Crippen molar-refractivity contribution in [2.24, 2.45) is 0 Å². The number of aromatic amines is 1. The third kappa shape index (κ3) is 3.31. The summed E-state index contributed by atoms with van der Waals surface area (Å²) in [6.07, 6.45) is 5.16. The van der Waals surface area contributed by atoms with Gasteiger partial charge in [-0.2, -0.15) is 0 Å². The number of nitrogens with zero attached hydrogens (tertiary/aromatic N) is 3. The Morgan fingerprint density at radius 3 is 3.09 bits per heavy atom. The molecule has 0 spiro atoms. The van der Waals surface area contributed by atoms with E-state index >= 15 is 0 Å². The van der Waals surface area contributed by atoms with Crippen molar-refractivity contribution in [3.05, 3.63) is 18.2 Å². The summed E-state index contributed by atoms with van der Waals surface area (Å²) >= 11 is 0. The predicted octanol–water partition coefficient (Wildman–Crippen LogP) is 0.362. The maximum atomic E-state index is 12.5. The molecule has 2 atom stereocenters. The Balaban J connectivity index is 1.64. The van der Waals surface area contributed by atoms with Gasteiger partial charge in [-0.25, -0.2) is 4.98 Å². The van der Waals surface area contributed by atoms with Gasteiger partial charge in [0.2, 0.25) is 0 Å². The Hall–Kier alpha value is -1.44. The van der Waals surface area contributed by atoms with Gasteiger partial charge in [0.25, 0.3) is 5.91 Å². The quantitative estimate of drug-likeness (QED) is 0.870. The molecule has 122 valence electrons. The average Bonchev–Trinajstić information content (AvgIpc) is 2.99. The highest BCUT2D eigenvalue weighted by Gasteiger charge is 2.35. The number of amides is 1. The average molecular weight is 308 g/mol. The van der Waals surface area contributed by atoms with Crippen LogP contribution in [0.5, 0.6) is 0 Å². The van der Waals surface area contributed by atoms with Gasteiger partial charge >= 0.3 is 0 Å². The molecular weight excluding hydrogens is 284 g/mol. The molecular formula is C15H24N4O3.